The van der Waals surface area contributed by atoms with Gasteiger partial charge in [-0.05, 0) is 29.8 Å². The van der Waals surface area contributed by atoms with Gasteiger partial charge in [0.05, 0.1) is 5.56 Å². The third-order valence-corrected chi connectivity index (χ3v) is 4.61. The number of carbonyl (C=O) groups excluding carboxylic acids is 1. The molecule has 2 aromatic rings. The molecule has 1 fully saturated rings. The zero-order valence-corrected chi connectivity index (χ0v) is 16.7. The van der Waals surface area contributed by atoms with Crippen molar-refractivity contribution in [2.45, 2.75) is 6.61 Å². The number of para-hydroxylation sites is 1. The number of hydrogen-bond donors (Lipinski definition) is 2. The molecule has 0 radical (unpaired) electrons. The van der Waals surface area contributed by atoms with Crippen molar-refractivity contribution in [1.29, 1.82) is 0 Å². The van der Waals surface area contributed by atoms with Gasteiger partial charge in [-0.1, -0.05) is 35.9 Å². The second-order valence-corrected chi connectivity index (χ2v) is 6.70. The minimum Gasteiger partial charge on any atom is -0.488 e. The highest BCUT2D eigenvalue weighted by Crippen LogP contribution is 2.20. The molecule has 1 saturated heterocycles. The van der Waals surface area contributed by atoms with Crippen LogP contribution in [0.3, 0.4) is 0 Å². The number of halogens is 2. The van der Waals surface area contributed by atoms with Gasteiger partial charge < -0.3 is 15.4 Å². The van der Waals surface area contributed by atoms with Crippen LogP contribution in [0.4, 0.5) is 0 Å². The lowest BCUT2D eigenvalue weighted by Crippen LogP contribution is -2.46. The normalized spacial score (nSPS) is 14.3. The van der Waals surface area contributed by atoms with E-state index in [0.717, 1.165) is 38.3 Å². The fourth-order valence-electron chi connectivity index (χ4n) is 2.88. The summed E-state index contributed by atoms with van der Waals surface area (Å²) >= 11 is 5.90. The molecule has 1 amide bonds. The monoisotopic (exact) mass is 409 g/mol. The summed E-state index contributed by atoms with van der Waals surface area (Å²) in [4.78, 5) is 14.9. The van der Waals surface area contributed by atoms with Crippen LogP contribution in [0.1, 0.15) is 15.9 Å². The third-order valence-electron chi connectivity index (χ3n) is 4.36. The van der Waals surface area contributed by atoms with Crippen molar-refractivity contribution >= 4 is 29.9 Å². The number of rotatable bonds is 7. The Labute approximate surface area is 171 Å². The molecule has 0 aliphatic carbocycles. The van der Waals surface area contributed by atoms with Gasteiger partial charge >= 0.3 is 0 Å². The number of nitrogens with zero attached hydrogens (tertiary/aromatic N) is 1. The van der Waals surface area contributed by atoms with Gasteiger partial charge in [0.2, 0.25) is 0 Å². The average Bonchev–Trinajstić information content (AvgIpc) is 2.68. The molecule has 5 nitrogen and oxygen atoms in total. The fourth-order valence-corrected chi connectivity index (χ4v) is 3.01. The number of ether oxygens (including phenoxy) is 1. The molecule has 1 heterocycles. The quantitative estimate of drug-likeness (QED) is 0.737. The Morgan fingerprint density at radius 1 is 1.11 bits per heavy atom. The standard InChI is InChI=1S/C20H24ClN3O2.ClH/c21-17-7-5-16(6-8-17)15-26-19-4-2-1-3-18(19)20(25)23-11-14-24-12-9-22-10-13-24;/h1-8,22H,9-15H2,(H,23,25);1H. The summed E-state index contributed by atoms with van der Waals surface area (Å²) in [6, 6.07) is 14.8. The van der Waals surface area contributed by atoms with Crippen molar-refractivity contribution < 1.29 is 9.53 Å². The highest BCUT2D eigenvalue weighted by molar-refractivity contribution is 6.30. The molecule has 0 atom stereocenters. The Morgan fingerprint density at radius 2 is 1.81 bits per heavy atom. The van der Waals surface area contributed by atoms with Crippen molar-refractivity contribution in [2.75, 3.05) is 39.3 Å². The summed E-state index contributed by atoms with van der Waals surface area (Å²) < 4.78 is 5.86. The lowest BCUT2D eigenvalue weighted by Gasteiger charge is -2.27. The van der Waals surface area contributed by atoms with Crippen molar-refractivity contribution in [2.24, 2.45) is 0 Å². The fraction of sp³-hybridized carbons (Fsp3) is 0.350. The number of benzene rings is 2. The van der Waals surface area contributed by atoms with E-state index >= 15 is 0 Å². The number of amides is 1. The molecular weight excluding hydrogens is 385 g/mol. The van der Waals surface area contributed by atoms with E-state index < -0.39 is 0 Å². The van der Waals surface area contributed by atoms with Crippen molar-refractivity contribution in [3.63, 3.8) is 0 Å². The molecule has 2 N–H and O–H groups in total. The molecule has 146 valence electrons. The van der Waals surface area contributed by atoms with Crippen LogP contribution in [-0.4, -0.2) is 50.1 Å². The van der Waals surface area contributed by atoms with Crippen molar-refractivity contribution in [1.82, 2.24) is 15.5 Å². The van der Waals surface area contributed by atoms with E-state index in [-0.39, 0.29) is 18.3 Å². The predicted molar refractivity (Wildman–Crippen MR) is 111 cm³/mol. The molecule has 2 aromatic carbocycles. The van der Waals surface area contributed by atoms with Crippen LogP contribution in [0.15, 0.2) is 48.5 Å². The molecule has 1 aliphatic rings. The van der Waals surface area contributed by atoms with E-state index in [1.165, 1.54) is 0 Å². The van der Waals surface area contributed by atoms with E-state index in [0.29, 0.717) is 29.5 Å². The molecule has 3 rings (SSSR count). The molecule has 1 aliphatic heterocycles. The second-order valence-electron chi connectivity index (χ2n) is 6.26. The van der Waals surface area contributed by atoms with Gasteiger partial charge in [0, 0.05) is 44.3 Å². The molecular formula is C20H25Cl2N3O2. The Balaban J connectivity index is 0.00000261. The second kappa shape index (κ2) is 11.1. The largest absolute Gasteiger partial charge is 0.488 e. The van der Waals surface area contributed by atoms with Crippen LogP contribution >= 0.6 is 24.0 Å². The lowest BCUT2D eigenvalue weighted by molar-refractivity contribution is 0.0942. The molecule has 7 heteroatoms. The zero-order valence-electron chi connectivity index (χ0n) is 15.1. The lowest BCUT2D eigenvalue weighted by atomic mass is 10.2. The first-order valence-electron chi connectivity index (χ1n) is 8.90. The molecule has 27 heavy (non-hydrogen) atoms. The Hall–Kier alpha value is -1.79. The smallest absolute Gasteiger partial charge is 0.255 e. The summed E-state index contributed by atoms with van der Waals surface area (Å²) in [7, 11) is 0. The minimum atomic E-state index is -0.105. The third kappa shape index (κ3) is 6.70. The SMILES string of the molecule is Cl.O=C(NCCN1CCNCC1)c1ccccc1OCc1ccc(Cl)cc1. The Morgan fingerprint density at radius 3 is 2.56 bits per heavy atom. The topological polar surface area (TPSA) is 53.6 Å². The van der Waals surface area contributed by atoms with E-state index in [1.54, 1.807) is 6.07 Å². The maximum absolute atomic E-state index is 12.5. The maximum Gasteiger partial charge on any atom is 0.255 e. The molecule has 0 spiro atoms. The number of piperazine rings is 1. The van der Waals surface area contributed by atoms with E-state index in [2.05, 4.69) is 15.5 Å². The summed E-state index contributed by atoms with van der Waals surface area (Å²) in [6.45, 7) is 5.95. The molecule has 0 unspecified atom stereocenters. The number of carbonyl (C=O) groups is 1. The predicted octanol–water partition coefficient (Wildman–Crippen LogP) is 2.98. The van der Waals surface area contributed by atoms with Gasteiger partial charge in [-0.15, -0.1) is 12.4 Å². The van der Waals surface area contributed by atoms with Crippen LogP contribution in [0.25, 0.3) is 0 Å². The minimum absolute atomic E-state index is 0. The van der Waals surface area contributed by atoms with Crippen LogP contribution in [-0.2, 0) is 6.61 Å². The van der Waals surface area contributed by atoms with E-state index in [9.17, 15) is 4.79 Å². The first-order valence-corrected chi connectivity index (χ1v) is 9.28. The summed E-state index contributed by atoms with van der Waals surface area (Å²) in [6.07, 6.45) is 0. The van der Waals surface area contributed by atoms with Crippen LogP contribution in [0.2, 0.25) is 5.02 Å². The number of nitrogens with one attached hydrogen (secondary N) is 2. The van der Waals surface area contributed by atoms with Gasteiger partial charge in [-0.2, -0.15) is 0 Å². The number of hydrogen-bond acceptors (Lipinski definition) is 4. The first kappa shape index (κ1) is 21.5. The van der Waals surface area contributed by atoms with E-state index in [4.69, 9.17) is 16.3 Å². The van der Waals surface area contributed by atoms with Crippen LogP contribution in [0, 0.1) is 0 Å². The van der Waals surface area contributed by atoms with Gasteiger partial charge in [0.1, 0.15) is 12.4 Å². The first-order chi connectivity index (χ1) is 12.7. The van der Waals surface area contributed by atoms with Crippen LogP contribution < -0.4 is 15.4 Å². The van der Waals surface area contributed by atoms with E-state index in [1.807, 2.05) is 42.5 Å². The van der Waals surface area contributed by atoms with Crippen molar-refractivity contribution in [3.05, 3.63) is 64.7 Å². The molecule has 0 saturated carbocycles. The summed E-state index contributed by atoms with van der Waals surface area (Å²) in [5.41, 5.74) is 1.56. The Bertz CT molecular complexity index is 719. The summed E-state index contributed by atoms with van der Waals surface area (Å²) in [5, 5.41) is 7.01. The van der Waals surface area contributed by atoms with Gasteiger partial charge in [0.25, 0.3) is 5.91 Å². The van der Waals surface area contributed by atoms with Crippen LogP contribution in [0.5, 0.6) is 5.75 Å². The average molecular weight is 410 g/mol. The summed E-state index contributed by atoms with van der Waals surface area (Å²) in [5.74, 6) is 0.481. The highest BCUT2D eigenvalue weighted by Gasteiger charge is 2.13. The maximum atomic E-state index is 12.5. The molecule has 0 aromatic heterocycles. The zero-order chi connectivity index (χ0) is 18.2. The van der Waals surface area contributed by atoms with Gasteiger partial charge in [-0.25, -0.2) is 0 Å². The Kier molecular flexibility index (Phi) is 8.88. The molecule has 0 bridgehead atoms. The van der Waals surface area contributed by atoms with Gasteiger partial charge in [-0.3, -0.25) is 9.69 Å². The van der Waals surface area contributed by atoms with Crippen molar-refractivity contribution in [3.8, 4) is 5.75 Å². The highest BCUT2D eigenvalue weighted by atomic mass is 35.5. The van der Waals surface area contributed by atoms with Gasteiger partial charge in [0.15, 0.2) is 0 Å².